The Hall–Kier alpha value is -2.09. The lowest BCUT2D eigenvalue weighted by molar-refractivity contribution is -0.142. The molecular formula is C18H18O2. The van der Waals surface area contributed by atoms with Gasteiger partial charge in [0.1, 0.15) is 5.75 Å². The van der Waals surface area contributed by atoms with Crippen molar-refractivity contribution in [2.45, 2.75) is 25.7 Å². The van der Waals surface area contributed by atoms with Crippen molar-refractivity contribution < 1.29 is 9.53 Å². The molecule has 2 aromatic rings. The molecule has 0 radical (unpaired) electrons. The van der Waals surface area contributed by atoms with E-state index < -0.39 is 0 Å². The fourth-order valence-corrected chi connectivity index (χ4v) is 2.74. The van der Waals surface area contributed by atoms with Crippen LogP contribution >= 0.6 is 0 Å². The van der Waals surface area contributed by atoms with Crippen LogP contribution in [0, 0.1) is 12.8 Å². The molecule has 0 N–H and O–H groups in total. The summed E-state index contributed by atoms with van der Waals surface area (Å²) in [5.41, 5.74) is 2.24. The maximum absolute atomic E-state index is 12.3. The first-order valence-corrected chi connectivity index (χ1v) is 7.08. The minimum absolute atomic E-state index is 0.00277. The Morgan fingerprint density at radius 3 is 2.35 bits per heavy atom. The first-order chi connectivity index (χ1) is 9.75. The Kier molecular flexibility index (Phi) is 3.55. The lowest BCUT2D eigenvalue weighted by Gasteiger charge is -2.35. The summed E-state index contributed by atoms with van der Waals surface area (Å²) in [5.74, 6) is 0.889. The van der Waals surface area contributed by atoms with E-state index in [1.165, 1.54) is 5.56 Å². The predicted molar refractivity (Wildman–Crippen MR) is 78.7 cm³/mol. The van der Waals surface area contributed by atoms with Crippen molar-refractivity contribution in [2.75, 3.05) is 0 Å². The van der Waals surface area contributed by atoms with Crippen molar-refractivity contribution in [1.29, 1.82) is 0 Å². The standard InChI is InChI=1S/C18H18O2/c1-13-7-5-6-10-17(13)20-18(19)16-12-11-15(16)14-8-3-2-4-9-14/h2-10,15-16H,11-12H2,1H3. The molecule has 0 aromatic heterocycles. The third-order valence-electron chi connectivity index (χ3n) is 4.11. The van der Waals surface area contributed by atoms with Crippen molar-refractivity contribution in [1.82, 2.24) is 0 Å². The van der Waals surface area contributed by atoms with Crippen LogP contribution in [0.5, 0.6) is 5.75 Å². The molecule has 2 heteroatoms. The van der Waals surface area contributed by atoms with Gasteiger partial charge in [0.25, 0.3) is 0 Å². The third-order valence-corrected chi connectivity index (χ3v) is 4.11. The minimum atomic E-state index is -0.0978. The van der Waals surface area contributed by atoms with E-state index in [0.717, 1.165) is 18.4 Å². The lowest BCUT2D eigenvalue weighted by atomic mass is 9.70. The Morgan fingerprint density at radius 1 is 1.00 bits per heavy atom. The van der Waals surface area contributed by atoms with E-state index in [1.54, 1.807) is 0 Å². The Bertz CT molecular complexity index is 604. The number of carbonyl (C=O) groups excluding carboxylic acids is 1. The number of aryl methyl sites for hydroxylation is 1. The van der Waals surface area contributed by atoms with Crippen molar-refractivity contribution in [3.05, 3.63) is 65.7 Å². The van der Waals surface area contributed by atoms with Crippen molar-refractivity contribution >= 4 is 5.97 Å². The smallest absolute Gasteiger partial charge is 0.314 e. The summed E-state index contributed by atoms with van der Waals surface area (Å²) in [7, 11) is 0. The molecule has 0 saturated heterocycles. The highest BCUT2D eigenvalue weighted by atomic mass is 16.5. The van der Waals surface area contributed by atoms with Crippen LogP contribution < -0.4 is 4.74 Å². The average molecular weight is 266 g/mol. The first kappa shape index (κ1) is 12.9. The van der Waals surface area contributed by atoms with E-state index in [1.807, 2.05) is 49.4 Å². The summed E-state index contributed by atoms with van der Waals surface area (Å²) >= 11 is 0. The summed E-state index contributed by atoms with van der Waals surface area (Å²) in [5, 5.41) is 0. The largest absolute Gasteiger partial charge is 0.426 e. The first-order valence-electron chi connectivity index (χ1n) is 7.08. The van der Waals surface area contributed by atoms with E-state index in [2.05, 4.69) is 12.1 Å². The highest BCUT2D eigenvalue weighted by molar-refractivity contribution is 5.77. The van der Waals surface area contributed by atoms with Crippen LogP contribution in [0.25, 0.3) is 0 Å². The van der Waals surface area contributed by atoms with Gasteiger partial charge in [-0.1, -0.05) is 48.5 Å². The second-order valence-electron chi connectivity index (χ2n) is 5.39. The predicted octanol–water partition coefficient (Wildman–Crippen LogP) is 4.09. The molecule has 0 bridgehead atoms. The number of rotatable bonds is 3. The molecule has 0 aliphatic heterocycles. The highest BCUT2D eigenvalue weighted by Crippen LogP contribution is 2.43. The van der Waals surface area contributed by atoms with Gasteiger partial charge in [0.05, 0.1) is 5.92 Å². The number of benzene rings is 2. The number of hydrogen-bond acceptors (Lipinski definition) is 2. The van der Waals surface area contributed by atoms with Gasteiger partial charge in [0.15, 0.2) is 0 Å². The van der Waals surface area contributed by atoms with E-state index in [0.29, 0.717) is 11.7 Å². The number of para-hydroxylation sites is 1. The number of hydrogen-bond donors (Lipinski definition) is 0. The van der Waals surface area contributed by atoms with E-state index in [-0.39, 0.29) is 11.9 Å². The fraction of sp³-hybridized carbons (Fsp3) is 0.278. The molecule has 102 valence electrons. The second-order valence-corrected chi connectivity index (χ2v) is 5.39. The molecule has 3 rings (SSSR count). The quantitative estimate of drug-likeness (QED) is 0.617. The maximum Gasteiger partial charge on any atom is 0.314 e. The summed E-state index contributed by atoms with van der Waals surface area (Å²) in [6.07, 6.45) is 1.99. The molecule has 2 aromatic carbocycles. The Balaban J connectivity index is 1.71. The zero-order valence-corrected chi connectivity index (χ0v) is 11.6. The molecular weight excluding hydrogens is 248 g/mol. The zero-order chi connectivity index (χ0) is 13.9. The van der Waals surface area contributed by atoms with Crippen LogP contribution in [0.15, 0.2) is 54.6 Å². The Morgan fingerprint density at radius 2 is 1.70 bits per heavy atom. The number of carbonyl (C=O) groups is 1. The fourth-order valence-electron chi connectivity index (χ4n) is 2.74. The molecule has 1 aliphatic rings. The van der Waals surface area contributed by atoms with Gasteiger partial charge in [0, 0.05) is 0 Å². The van der Waals surface area contributed by atoms with E-state index in [4.69, 9.17) is 4.74 Å². The third kappa shape index (κ3) is 2.46. The molecule has 0 heterocycles. The van der Waals surface area contributed by atoms with Gasteiger partial charge in [-0.15, -0.1) is 0 Å². The zero-order valence-electron chi connectivity index (χ0n) is 11.6. The van der Waals surface area contributed by atoms with Gasteiger partial charge < -0.3 is 4.74 Å². The molecule has 1 saturated carbocycles. The molecule has 1 aliphatic carbocycles. The summed E-state index contributed by atoms with van der Waals surface area (Å²) in [4.78, 5) is 12.3. The normalized spacial score (nSPS) is 21.1. The molecule has 0 spiro atoms. The van der Waals surface area contributed by atoms with Gasteiger partial charge in [-0.3, -0.25) is 4.79 Å². The highest BCUT2D eigenvalue weighted by Gasteiger charge is 2.38. The van der Waals surface area contributed by atoms with Crippen LogP contribution in [-0.2, 0) is 4.79 Å². The van der Waals surface area contributed by atoms with E-state index >= 15 is 0 Å². The van der Waals surface area contributed by atoms with Crippen LogP contribution in [0.3, 0.4) is 0 Å². The van der Waals surface area contributed by atoms with E-state index in [9.17, 15) is 4.79 Å². The van der Waals surface area contributed by atoms with Crippen LogP contribution in [0.1, 0.15) is 29.9 Å². The molecule has 2 nitrogen and oxygen atoms in total. The molecule has 1 fully saturated rings. The monoisotopic (exact) mass is 266 g/mol. The second kappa shape index (κ2) is 5.49. The molecule has 2 unspecified atom stereocenters. The summed E-state index contributed by atoms with van der Waals surface area (Å²) in [6, 6.07) is 17.9. The van der Waals surface area contributed by atoms with Crippen LogP contribution in [0.4, 0.5) is 0 Å². The van der Waals surface area contributed by atoms with Gasteiger partial charge in [-0.05, 0) is 42.9 Å². The number of esters is 1. The van der Waals surface area contributed by atoms with Crippen molar-refractivity contribution in [3.8, 4) is 5.75 Å². The van der Waals surface area contributed by atoms with Gasteiger partial charge in [-0.2, -0.15) is 0 Å². The SMILES string of the molecule is Cc1ccccc1OC(=O)C1CCC1c1ccccc1. The summed E-state index contributed by atoms with van der Waals surface area (Å²) < 4.78 is 5.56. The van der Waals surface area contributed by atoms with Crippen molar-refractivity contribution in [2.24, 2.45) is 5.92 Å². The average Bonchev–Trinajstić information content (AvgIpc) is 2.41. The van der Waals surface area contributed by atoms with Gasteiger partial charge in [0.2, 0.25) is 0 Å². The minimum Gasteiger partial charge on any atom is -0.426 e. The van der Waals surface area contributed by atoms with Crippen molar-refractivity contribution in [3.63, 3.8) is 0 Å². The summed E-state index contributed by atoms with van der Waals surface area (Å²) in [6.45, 7) is 1.96. The van der Waals surface area contributed by atoms with Gasteiger partial charge >= 0.3 is 5.97 Å². The number of ether oxygens (including phenoxy) is 1. The van der Waals surface area contributed by atoms with Gasteiger partial charge in [-0.25, -0.2) is 0 Å². The molecule has 20 heavy (non-hydrogen) atoms. The maximum atomic E-state index is 12.3. The lowest BCUT2D eigenvalue weighted by Crippen LogP contribution is -2.34. The van der Waals surface area contributed by atoms with Crippen LogP contribution in [-0.4, -0.2) is 5.97 Å². The topological polar surface area (TPSA) is 26.3 Å². The van der Waals surface area contributed by atoms with Crippen LogP contribution in [0.2, 0.25) is 0 Å². The molecule has 2 atom stereocenters. The molecule has 0 amide bonds. The Labute approximate surface area is 119 Å².